The van der Waals surface area contributed by atoms with Crippen LogP contribution in [0.5, 0.6) is 0 Å². The van der Waals surface area contributed by atoms with Crippen LogP contribution in [0.4, 0.5) is 0 Å². The summed E-state index contributed by atoms with van der Waals surface area (Å²) in [4.78, 5) is 12.1. The van der Waals surface area contributed by atoms with E-state index in [2.05, 4.69) is 31.4 Å². The predicted molar refractivity (Wildman–Crippen MR) is 73.5 cm³/mol. The number of hydrogen-bond acceptors (Lipinski definition) is 3. The summed E-state index contributed by atoms with van der Waals surface area (Å²) in [5.41, 5.74) is -0.177. The first kappa shape index (κ1) is 15.4. The van der Waals surface area contributed by atoms with Crippen LogP contribution in [0.1, 0.15) is 40.0 Å². The minimum absolute atomic E-state index is 0.177. The molecule has 0 bridgehead atoms. The van der Waals surface area contributed by atoms with Crippen molar-refractivity contribution in [3.05, 3.63) is 0 Å². The van der Waals surface area contributed by atoms with Gasteiger partial charge in [-0.05, 0) is 38.3 Å². The number of hydrogen-bond donors (Lipinski definition) is 2. The van der Waals surface area contributed by atoms with E-state index >= 15 is 0 Å². The lowest BCUT2D eigenvalue weighted by atomic mass is 9.80. The molecule has 0 atom stereocenters. The first-order valence-electron chi connectivity index (χ1n) is 7.11. The summed E-state index contributed by atoms with van der Waals surface area (Å²) in [6, 6.07) is 0. The van der Waals surface area contributed by atoms with Crippen LogP contribution in [0.3, 0.4) is 0 Å². The summed E-state index contributed by atoms with van der Waals surface area (Å²) in [6.45, 7) is 10.5. The fraction of sp³-hybridized carbons (Fsp3) is 0.929. The molecule has 1 aliphatic rings. The van der Waals surface area contributed by atoms with E-state index in [0.717, 1.165) is 52.1 Å². The Balaban J connectivity index is 2.09. The molecule has 0 saturated carbocycles. The van der Waals surface area contributed by atoms with Gasteiger partial charge in [0.25, 0.3) is 0 Å². The Kier molecular flexibility index (Phi) is 6.65. The molecule has 0 radical (unpaired) electrons. The van der Waals surface area contributed by atoms with Gasteiger partial charge in [-0.3, -0.25) is 4.79 Å². The van der Waals surface area contributed by atoms with Crippen LogP contribution in [-0.4, -0.2) is 38.8 Å². The molecule has 1 amide bonds. The molecule has 0 spiro atoms. The van der Waals surface area contributed by atoms with E-state index in [1.54, 1.807) is 0 Å². The van der Waals surface area contributed by atoms with Crippen LogP contribution in [0.25, 0.3) is 0 Å². The third kappa shape index (κ3) is 5.36. The highest BCUT2D eigenvalue weighted by molar-refractivity contribution is 5.82. The summed E-state index contributed by atoms with van der Waals surface area (Å²) >= 11 is 0. The van der Waals surface area contributed by atoms with Crippen LogP contribution in [0.2, 0.25) is 0 Å². The van der Waals surface area contributed by atoms with E-state index < -0.39 is 0 Å². The zero-order valence-corrected chi connectivity index (χ0v) is 12.1. The summed E-state index contributed by atoms with van der Waals surface area (Å²) in [5.74, 6) is 0.779. The van der Waals surface area contributed by atoms with Gasteiger partial charge in [-0.1, -0.05) is 20.8 Å². The lowest BCUT2D eigenvalue weighted by Crippen LogP contribution is -2.46. The van der Waals surface area contributed by atoms with Crippen molar-refractivity contribution in [2.75, 3.05) is 32.8 Å². The molecule has 4 heteroatoms. The molecule has 1 fully saturated rings. The fourth-order valence-corrected chi connectivity index (χ4v) is 2.11. The monoisotopic (exact) mass is 256 g/mol. The Morgan fingerprint density at radius 2 is 2.06 bits per heavy atom. The number of rotatable bonds is 7. The van der Waals surface area contributed by atoms with Gasteiger partial charge in [0.2, 0.25) is 5.91 Å². The van der Waals surface area contributed by atoms with Gasteiger partial charge in [-0.15, -0.1) is 0 Å². The first-order valence-corrected chi connectivity index (χ1v) is 7.11. The van der Waals surface area contributed by atoms with E-state index in [1.165, 1.54) is 0 Å². The minimum Gasteiger partial charge on any atom is -0.381 e. The first-order chi connectivity index (χ1) is 8.54. The predicted octanol–water partition coefficient (Wildman–Crippen LogP) is 1.55. The van der Waals surface area contributed by atoms with Crippen LogP contribution >= 0.6 is 0 Å². The van der Waals surface area contributed by atoms with Gasteiger partial charge in [0, 0.05) is 25.2 Å². The Bertz CT molecular complexity index is 248. The van der Waals surface area contributed by atoms with Crippen molar-refractivity contribution in [1.82, 2.24) is 10.6 Å². The number of piperidine rings is 1. The Morgan fingerprint density at radius 1 is 1.39 bits per heavy atom. The van der Waals surface area contributed by atoms with Gasteiger partial charge in [0.1, 0.15) is 0 Å². The van der Waals surface area contributed by atoms with Crippen LogP contribution < -0.4 is 10.6 Å². The normalized spacial score (nSPS) is 18.9. The molecule has 18 heavy (non-hydrogen) atoms. The smallest absolute Gasteiger partial charge is 0.226 e. The lowest BCUT2D eigenvalue weighted by molar-refractivity contribution is -0.131. The zero-order chi connectivity index (χ0) is 13.4. The third-order valence-corrected chi connectivity index (χ3v) is 3.46. The summed E-state index contributed by atoms with van der Waals surface area (Å²) in [6.07, 6.45) is 2.76. The fourth-order valence-electron chi connectivity index (χ4n) is 2.11. The largest absolute Gasteiger partial charge is 0.381 e. The molecular formula is C14H28N2O2. The van der Waals surface area contributed by atoms with E-state index in [0.29, 0.717) is 5.92 Å². The third-order valence-electron chi connectivity index (χ3n) is 3.46. The second-order valence-corrected chi connectivity index (χ2v) is 5.89. The van der Waals surface area contributed by atoms with Crippen LogP contribution in [0.15, 0.2) is 0 Å². The van der Waals surface area contributed by atoms with Gasteiger partial charge in [-0.25, -0.2) is 0 Å². The SMILES string of the molecule is CC(C)COCCCNC(=O)C1(C)CCNCC1. The number of carbonyl (C=O) groups excluding carboxylic acids is 1. The topological polar surface area (TPSA) is 50.4 Å². The molecule has 1 aliphatic heterocycles. The molecule has 0 aliphatic carbocycles. The Labute approximate surface area is 111 Å². The van der Waals surface area contributed by atoms with Gasteiger partial charge in [0.05, 0.1) is 0 Å². The number of ether oxygens (including phenoxy) is 1. The van der Waals surface area contributed by atoms with Crippen LogP contribution in [-0.2, 0) is 9.53 Å². The summed E-state index contributed by atoms with van der Waals surface area (Å²) < 4.78 is 5.49. The molecule has 1 rings (SSSR count). The molecule has 0 unspecified atom stereocenters. The van der Waals surface area contributed by atoms with Gasteiger partial charge in [0.15, 0.2) is 0 Å². The highest BCUT2D eigenvalue weighted by Crippen LogP contribution is 2.27. The average molecular weight is 256 g/mol. The van der Waals surface area contributed by atoms with Crippen molar-refractivity contribution < 1.29 is 9.53 Å². The molecule has 0 aromatic rings. The molecule has 0 aromatic heterocycles. The second kappa shape index (κ2) is 7.74. The van der Waals surface area contributed by atoms with Gasteiger partial charge in [-0.2, -0.15) is 0 Å². The summed E-state index contributed by atoms with van der Waals surface area (Å²) in [7, 11) is 0. The maximum atomic E-state index is 12.1. The van der Waals surface area contributed by atoms with E-state index in [1.807, 2.05) is 0 Å². The van der Waals surface area contributed by atoms with Crippen molar-refractivity contribution >= 4 is 5.91 Å². The standard InChI is InChI=1S/C14H28N2O2/c1-12(2)11-18-10-4-7-16-13(17)14(3)5-8-15-9-6-14/h12,15H,4-11H2,1-3H3,(H,16,17). The number of amides is 1. The highest BCUT2D eigenvalue weighted by Gasteiger charge is 2.33. The van der Waals surface area contributed by atoms with Crippen LogP contribution in [0, 0.1) is 11.3 Å². The Morgan fingerprint density at radius 3 is 2.67 bits per heavy atom. The highest BCUT2D eigenvalue weighted by atomic mass is 16.5. The molecule has 106 valence electrons. The number of nitrogens with one attached hydrogen (secondary N) is 2. The zero-order valence-electron chi connectivity index (χ0n) is 12.1. The molecule has 1 saturated heterocycles. The van der Waals surface area contributed by atoms with Gasteiger partial charge >= 0.3 is 0 Å². The van der Waals surface area contributed by atoms with Gasteiger partial charge < -0.3 is 15.4 Å². The maximum Gasteiger partial charge on any atom is 0.226 e. The van der Waals surface area contributed by atoms with E-state index in [-0.39, 0.29) is 11.3 Å². The van der Waals surface area contributed by atoms with Crippen molar-refractivity contribution in [3.8, 4) is 0 Å². The van der Waals surface area contributed by atoms with E-state index in [9.17, 15) is 4.79 Å². The quantitative estimate of drug-likeness (QED) is 0.680. The van der Waals surface area contributed by atoms with E-state index in [4.69, 9.17) is 4.74 Å². The molecule has 4 nitrogen and oxygen atoms in total. The second-order valence-electron chi connectivity index (χ2n) is 5.89. The molecular weight excluding hydrogens is 228 g/mol. The molecule has 1 heterocycles. The average Bonchev–Trinajstić information content (AvgIpc) is 2.34. The maximum absolute atomic E-state index is 12.1. The number of carbonyl (C=O) groups is 1. The lowest BCUT2D eigenvalue weighted by Gasteiger charge is -2.32. The molecule has 2 N–H and O–H groups in total. The van der Waals surface area contributed by atoms with Crippen molar-refractivity contribution in [1.29, 1.82) is 0 Å². The molecule has 0 aromatic carbocycles. The van der Waals surface area contributed by atoms with Crippen molar-refractivity contribution in [2.45, 2.75) is 40.0 Å². The summed E-state index contributed by atoms with van der Waals surface area (Å²) in [5, 5.41) is 6.32. The minimum atomic E-state index is -0.177. The van der Waals surface area contributed by atoms with Crippen molar-refractivity contribution in [2.24, 2.45) is 11.3 Å². The Hall–Kier alpha value is -0.610. The van der Waals surface area contributed by atoms with Crippen molar-refractivity contribution in [3.63, 3.8) is 0 Å².